The zero-order valence-corrected chi connectivity index (χ0v) is 14.9. The lowest BCUT2D eigenvalue weighted by molar-refractivity contribution is -0.134. The maximum atomic E-state index is 12.2. The minimum absolute atomic E-state index is 0.0981. The molecule has 25 heavy (non-hydrogen) atoms. The molecule has 0 saturated carbocycles. The van der Waals surface area contributed by atoms with Crippen LogP contribution in [0.3, 0.4) is 0 Å². The Labute approximate surface area is 148 Å². The first kappa shape index (κ1) is 19.2. The van der Waals surface area contributed by atoms with Crippen molar-refractivity contribution in [2.24, 2.45) is 0 Å². The lowest BCUT2D eigenvalue weighted by atomic mass is 10.1. The summed E-state index contributed by atoms with van der Waals surface area (Å²) in [4.78, 5) is 26.3. The molecule has 0 radical (unpaired) electrons. The van der Waals surface area contributed by atoms with Crippen LogP contribution < -0.4 is 15.4 Å². The van der Waals surface area contributed by atoms with Crippen molar-refractivity contribution in [3.63, 3.8) is 0 Å². The first-order chi connectivity index (χ1) is 12.1. The molecule has 1 saturated heterocycles. The van der Waals surface area contributed by atoms with Crippen molar-refractivity contribution >= 4 is 11.8 Å². The van der Waals surface area contributed by atoms with Gasteiger partial charge in [-0.2, -0.15) is 0 Å². The number of methoxy groups -OCH3 is 1. The topological polar surface area (TPSA) is 79.9 Å². The summed E-state index contributed by atoms with van der Waals surface area (Å²) in [5, 5.41) is 5.61. The Balaban J connectivity index is 1.95. The molecule has 1 fully saturated rings. The van der Waals surface area contributed by atoms with E-state index in [1.165, 1.54) is 0 Å². The fourth-order valence-electron chi connectivity index (χ4n) is 2.81. The van der Waals surface area contributed by atoms with E-state index in [1.54, 1.807) is 7.11 Å². The van der Waals surface area contributed by atoms with Crippen molar-refractivity contribution in [2.45, 2.75) is 25.9 Å². The third-order valence-corrected chi connectivity index (χ3v) is 4.07. The van der Waals surface area contributed by atoms with Crippen LogP contribution in [0.25, 0.3) is 0 Å². The monoisotopic (exact) mass is 349 g/mol. The van der Waals surface area contributed by atoms with Crippen LogP contribution in [0.1, 0.15) is 18.9 Å². The number of amides is 2. The third kappa shape index (κ3) is 6.03. The van der Waals surface area contributed by atoms with Gasteiger partial charge < -0.3 is 20.1 Å². The highest BCUT2D eigenvalue weighted by Gasteiger charge is 2.31. The normalized spacial score (nSPS) is 17.8. The number of piperazine rings is 1. The molecule has 7 heteroatoms. The van der Waals surface area contributed by atoms with Crippen molar-refractivity contribution in [1.82, 2.24) is 15.5 Å². The summed E-state index contributed by atoms with van der Waals surface area (Å²) in [6.45, 7) is 5.41. The summed E-state index contributed by atoms with van der Waals surface area (Å²) >= 11 is 0. The van der Waals surface area contributed by atoms with Crippen LogP contribution in [0.2, 0.25) is 0 Å². The first-order valence-corrected chi connectivity index (χ1v) is 8.63. The van der Waals surface area contributed by atoms with Crippen LogP contribution in [0.4, 0.5) is 0 Å². The van der Waals surface area contributed by atoms with E-state index >= 15 is 0 Å². The molecule has 1 heterocycles. The second kappa shape index (κ2) is 10.0. The standard InChI is InChI=1S/C18H27N3O4/c1-3-25-15-6-4-14(5-7-15)13-21-10-8-20-18(23)16(21)12-17(22)19-9-11-24-2/h4-7,16H,3,8-13H2,1-2H3,(H,19,22)(H,20,23). The van der Waals surface area contributed by atoms with Gasteiger partial charge >= 0.3 is 0 Å². The van der Waals surface area contributed by atoms with Crippen LogP contribution in [0.15, 0.2) is 24.3 Å². The second-order valence-corrected chi connectivity index (χ2v) is 5.90. The summed E-state index contributed by atoms with van der Waals surface area (Å²) < 4.78 is 10.4. The summed E-state index contributed by atoms with van der Waals surface area (Å²) in [6, 6.07) is 7.38. The highest BCUT2D eigenvalue weighted by atomic mass is 16.5. The van der Waals surface area contributed by atoms with E-state index < -0.39 is 6.04 Å². The summed E-state index contributed by atoms with van der Waals surface area (Å²) in [5.41, 5.74) is 1.09. The van der Waals surface area contributed by atoms with Gasteiger partial charge in [0.05, 0.1) is 25.7 Å². The maximum Gasteiger partial charge on any atom is 0.237 e. The van der Waals surface area contributed by atoms with Crippen LogP contribution in [-0.4, -0.2) is 62.7 Å². The number of hydrogen-bond donors (Lipinski definition) is 2. The molecule has 2 N–H and O–H groups in total. The molecule has 1 aliphatic rings. The summed E-state index contributed by atoms with van der Waals surface area (Å²) in [6.07, 6.45) is 0.145. The van der Waals surface area contributed by atoms with Gasteiger partial charge in [0.25, 0.3) is 0 Å². The first-order valence-electron chi connectivity index (χ1n) is 8.63. The van der Waals surface area contributed by atoms with Gasteiger partial charge in [-0.3, -0.25) is 14.5 Å². The predicted octanol–water partition coefficient (Wildman–Crippen LogP) is 0.538. The molecular formula is C18H27N3O4. The van der Waals surface area contributed by atoms with Gasteiger partial charge in [0.2, 0.25) is 11.8 Å². The van der Waals surface area contributed by atoms with E-state index in [0.717, 1.165) is 17.9 Å². The molecule has 1 atom stereocenters. The molecule has 2 amide bonds. The SMILES string of the molecule is CCOc1ccc(CN2CCNC(=O)C2CC(=O)NCCOC)cc1. The molecule has 2 rings (SSSR count). The second-order valence-electron chi connectivity index (χ2n) is 5.90. The Morgan fingerprint density at radius 2 is 2.12 bits per heavy atom. The Hall–Kier alpha value is -2.12. The molecule has 0 spiro atoms. The van der Waals surface area contributed by atoms with E-state index in [2.05, 4.69) is 10.6 Å². The summed E-state index contributed by atoms with van der Waals surface area (Å²) in [7, 11) is 1.58. The molecule has 1 unspecified atom stereocenters. The highest BCUT2D eigenvalue weighted by molar-refractivity contribution is 5.88. The fraction of sp³-hybridized carbons (Fsp3) is 0.556. The van der Waals surface area contributed by atoms with E-state index in [0.29, 0.717) is 32.8 Å². The largest absolute Gasteiger partial charge is 0.494 e. The maximum absolute atomic E-state index is 12.2. The molecule has 0 aromatic heterocycles. The average Bonchev–Trinajstić information content (AvgIpc) is 2.60. The fourth-order valence-corrected chi connectivity index (χ4v) is 2.81. The number of carbonyl (C=O) groups is 2. The molecule has 7 nitrogen and oxygen atoms in total. The Kier molecular flexibility index (Phi) is 7.69. The Bertz CT molecular complexity index is 562. The molecule has 1 aromatic carbocycles. The third-order valence-electron chi connectivity index (χ3n) is 4.07. The molecule has 0 bridgehead atoms. The smallest absolute Gasteiger partial charge is 0.237 e. The zero-order chi connectivity index (χ0) is 18.1. The number of carbonyl (C=O) groups excluding carboxylic acids is 2. The van der Waals surface area contributed by atoms with Gasteiger partial charge in [-0.05, 0) is 24.6 Å². The van der Waals surface area contributed by atoms with E-state index in [1.807, 2.05) is 36.1 Å². The minimum Gasteiger partial charge on any atom is -0.494 e. The molecule has 1 aliphatic heterocycles. The molecule has 0 aliphatic carbocycles. The number of benzene rings is 1. The average molecular weight is 349 g/mol. The molecule has 138 valence electrons. The minimum atomic E-state index is -0.456. The van der Waals surface area contributed by atoms with E-state index in [-0.39, 0.29) is 18.2 Å². The number of nitrogens with one attached hydrogen (secondary N) is 2. The quantitative estimate of drug-likeness (QED) is 0.636. The van der Waals surface area contributed by atoms with E-state index in [4.69, 9.17) is 9.47 Å². The number of nitrogens with zero attached hydrogens (tertiary/aromatic N) is 1. The van der Waals surface area contributed by atoms with Crippen molar-refractivity contribution in [3.05, 3.63) is 29.8 Å². The predicted molar refractivity (Wildman–Crippen MR) is 94.3 cm³/mol. The van der Waals surface area contributed by atoms with Crippen molar-refractivity contribution in [1.29, 1.82) is 0 Å². The number of ether oxygens (including phenoxy) is 2. The van der Waals surface area contributed by atoms with Crippen LogP contribution in [-0.2, 0) is 20.9 Å². The molecule has 1 aromatic rings. The highest BCUT2D eigenvalue weighted by Crippen LogP contribution is 2.17. The van der Waals surface area contributed by atoms with Gasteiger partial charge in [-0.15, -0.1) is 0 Å². The zero-order valence-electron chi connectivity index (χ0n) is 14.9. The van der Waals surface area contributed by atoms with Gasteiger partial charge in [0.1, 0.15) is 5.75 Å². The Morgan fingerprint density at radius 1 is 1.36 bits per heavy atom. The number of hydrogen-bond acceptors (Lipinski definition) is 5. The lowest BCUT2D eigenvalue weighted by Crippen LogP contribution is -2.56. The molecular weight excluding hydrogens is 322 g/mol. The van der Waals surface area contributed by atoms with Gasteiger partial charge in [-0.25, -0.2) is 0 Å². The van der Waals surface area contributed by atoms with Gasteiger partial charge in [0, 0.05) is 33.3 Å². The Morgan fingerprint density at radius 3 is 2.80 bits per heavy atom. The van der Waals surface area contributed by atoms with Crippen LogP contribution in [0.5, 0.6) is 5.75 Å². The summed E-state index contributed by atoms with van der Waals surface area (Å²) in [5.74, 6) is 0.589. The number of rotatable bonds is 9. The van der Waals surface area contributed by atoms with Gasteiger partial charge in [0.15, 0.2) is 0 Å². The van der Waals surface area contributed by atoms with Crippen LogP contribution in [0, 0.1) is 0 Å². The van der Waals surface area contributed by atoms with Gasteiger partial charge in [-0.1, -0.05) is 12.1 Å². The van der Waals surface area contributed by atoms with Crippen LogP contribution >= 0.6 is 0 Å². The van der Waals surface area contributed by atoms with Crippen molar-refractivity contribution < 1.29 is 19.1 Å². The van der Waals surface area contributed by atoms with E-state index in [9.17, 15) is 9.59 Å². The van der Waals surface area contributed by atoms with Crippen molar-refractivity contribution in [3.8, 4) is 5.75 Å². The van der Waals surface area contributed by atoms with Crippen molar-refractivity contribution in [2.75, 3.05) is 40.0 Å². The lowest BCUT2D eigenvalue weighted by Gasteiger charge is -2.34.